The number of carboxylic acids is 2. The number of hydrogen-bond acceptors (Lipinski definition) is 10. The molecule has 0 fully saturated rings. The van der Waals surface area contributed by atoms with Gasteiger partial charge in [0, 0.05) is 22.5 Å². The fourth-order valence-corrected chi connectivity index (χ4v) is 8.01. The lowest BCUT2D eigenvalue weighted by Gasteiger charge is -2.12. The summed E-state index contributed by atoms with van der Waals surface area (Å²) in [6, 6.07) is 38.2. The van der Waals surface area contributed by atoms with Gasteiger partial charge >= 0.3 is 11.9 Å². The van der Waals surface area contributed by atoms with Gasteiger partial charge in [-0.3, -0.25) is 19.0 Å². The fourth-order valence-electron chi connectivity index (χ4n) is 5.86. The van der Waals surface area contributed by atoms with E-state index in [-0.39, 0.29) is 49.1 Å². The third kappa shape index (κ3) is 15.1. The van der Waals surface area contributed by atoms with Crippen molar-refractivity contribution in [1.29, 1.82) is 0 Å². The van der Waals surface area contributed by atoms with E-state index in [1.54, 1.807) is 97.1 Å². The Morgan fingerprint density at radius 2 is 0.953 bits per heavy atom. The summed E-state index contributed by atoms with van der Waals surface area (Å²) in [5.74, 6) is -0.138. The molecule has 6 aromatic rings. The van der Waals surface area contributed by atoms with E-state index < -0.39 is 37.8 Å². The summed E-state index contributed by atoms with van der Waals surface area (Å²) in [7, 11) is -7.59. The number of carbonyl (C=O) groups is 2. The fraction of sp³-hybridized carbons (Fsp3) is 0.191. The zero-order valence-electron chi connectivity index (χ0n) is 34.8. The molecule has 0 aliphatic heterocycles. The lowest BCUT2D eigenvalue weighted by Crippen LogP contribution is -2.13. The van der Waals surface area contributed by atoms with Crippen LogP contribution in [-0.4, -0.2) is 65.4 Å². The number of rotatable bonds is 21. The monoisotopic (exact) mass is 914 g/mol. The summed E-state index contributed by atoms with van der Waals surface area (Å²) in [4.78, 5) is 21.9. The van der Waals surface area contributed by atoms with Gasteiger partial charge in [0.1, 0.15) is 55.2 Å². The van der Waals surface area contributed by atoms with Gasteiger partial charge in [-0.25, -0.2) is 21.2 Å². The Bertz CT molecular complexity index is 2700. The third-order valence-corrected chi connectivity index (χ3v) is 11.8. The van der Waals surface area contributed by atoms with E-state index in [1.807, 2.05) is 12.1 Å². The molecule has 0 saturated carbocycles. The summed E-state index contributed by atoms with van der Waals surface area (Å²) < 4.78 is 90.5. The Balaban J connectivity index is 0.000000241. The summed E-state index contributed by atoms with van der Waals surface area (Å²) in [5, 5.41) is 17.9. The highest BCUT2D eigenvalue weighted by Gasteiger charge is 2.16. The summed E-state index contributed by atoms with van der Waals surface area (Å²) in [6.07, 6.45) is -0.250. The molecule has 4 N–H and O–H groups in total. The number of para-hydroxylation sites is 2. The quantitative estimate of drug-likeness (QED) is 0.0503. The molecule has 336 valence electrons. The SMILES string of the molecule is CC(C)c1ccc(S(=O)(=O)Nc2ccc(OCCOc3ccccc3CC(=O)O)cc2)cc1.O=C(O)Cc1ccccc1OCCOc1ccc(NS(=O)(=O)c2cccc(F)c2)cc1. The number of sulfonamides is 2. The Labute approximate surface area is 371 Å². The first-order valence-electron chi connectivity index (χ1n) is 19.8. The molecular formula is C47H47FN2O12S2. The van der Waals surface area contributed by atoms with Crippen molar-refractivity contribution in [3.8, 4) is 23.0 Å². The molecule has 0 aromatic heterocycles. The van der Waals surface area contributed by atoms with Gasteiger partial charge in [-0.05, 0) is 102 Å². The van der Waals surface area contributed by atoms with Crippen LogP contribution in [0.1, 0.15) is 36.5 Å². The molecule has 0 unspecified atom stereocenters. The van der Waals surface area contributed by atoms with E-state index in [0.29, 0.717) is 51.4 Å². The van der Waals surface area contributed by atoms with Crippen LogP contribution >= 0.6 is 0 Å². The average Bonchev–Trinajstić information content (AvgIpc) is 3.26. The molecule has 6 rings (SSSR count). The first-order valence-corrected chi connectivity index (χ1v) is 22.8. The van der Waals surface area contributed by atoms with Crippen molar-refractivity contribution in [3.63, 3.8) is 0 Å². The minimum Gasteiger partial charge on any atom is -0.490 e. The van der Waals surface area contributed by atoms with E-state index >= 15 is 0 Å². The molecule has 0 bridgehead atoms. The molecule has 0 heterocycles. The largest absolute Gasteiger partial charge is 0.490 e. The van der Waals surface area contributed by atoms with Crippen LogP contribution < -0.4 is 28.4 Å². The van der Waals surface area contributed by atoms with Crippen molar-refractivity contribution in [2.45, 2.75) is 42.4 Å². The molecule has 0 saturated heterocycles. The Kier molecular flexibility index (Phi) is 17.1. The second-order valence-electron chi connectivity index (χ2n) is 14.2. The average molecular weight is 915 g/mol. The van der Waals surface area contributed by atoms with Gasteiger partial charge in [0.05, 0.1) is 22.6 Å². The molecule has 0 atom stereocenters. The normalized spacial score (nSPS) is 11.1. The minimum atomic E-state index is -3.91. The maximum Gasteiger partial charge on any atom is 0.307 e. The molecule has 0 aliphatic rings. The van der Waals surface area contributed by atoms with Crippen LogP contribution in [-0.2, 0) is 42.5 Å². The zero-order valence-corrected chi connectivity index (χ0v) is 36.5. The lowest BCUT2D eigenvalue weighted by molar-refractivity contribution is -0.137. The Morgan fingerprint density at radius 3 is 1.38 bits per heavy atom. The van der Waals surface area contributed by atoms with Crippen LogP contribution in [0.4, 0.5) is 15.8 Å². The van der Waals surface area contributed by atoms with E-state index in [9.17, 15) is 30.8 Å². The Morgan fingerprint density at radius 1 is 0.531 bits per heavy atom. The third-order valence-electron chi connectivity index (χ3n) is 9.02. The molecular weight excluding hydrogens is 868 g/mol. The summed E-state index contributed by atoms with van der Waals surface area (Å²) >= 11 is 0. The molecule has 6 aromatic carbocycles. The maximum absolute atomic E-state index is 13.3. The van der Waals surface area contributed by atoms with E-state index in [2.05, 4.69) is 23.3 Å². The summed E-state index contributed by atoms with van der Waals surface area (Å²) in [5.41, 5.74) is 2.97. The number of ether oxygens (including phenoxy) is 4. The highest BCUT2D eigenvalue weighted by Crippen LogP contribution is 2.24. The number of nitrogens with one attached hydrogen (secondary N) is 2. The molecule has 0 radical (unpaired) electrons. The highest BCUT2D eigenvalue weighted by molar-refractivity contribution is 7.93. The van der Waals surface area contributed by atoms with Crippen LogP contribution in [0.3, 0.4) is 0 Å². The predicted molar refractivity (Wildman–Crippen MR) is 239 cm³/mol. The minimum absolute atomic E-state index is 0.115. The number of benzene rings is 6. The molecule has 64 heavy (non-hydrogen) atoms. The summed E-state index contributed by atoms with van der Waals surface area (Å²) in [6.45, 7) is 4.98. The zero-order chi connectivity index (χ0) is 46.1. The van der Waals surface area contributed by atoms with Crippen molar-refractivity contribution in [2.24, 2.45) is 0 Å². The van der Waals surface area contributed by atoms with E-state index in [0.717, 1.165) is 11.6 Å². The van der Waals surface area contributed by atoms with E-state index in [1.165, 1.54) is 30.3 Å². The molecule has 0 aliphatic carbocycles. The lowest BCUT2D eigenvalue weighted by atomic mass is 10.0. The van der Waals surface area contributed by atoms with Crippen LogP contribution in [0.15, 0.2) is 155 Å². The van der Waals surface area contributed by atoms with Crippen LogP contribution in [0.5, 0.6) is 23.0 Å². The predicted octanol–water partition coefficient (Wildman–Crippen LogP) is 8.41. The second-order valence-corrected chi connectivity index (χ2v) is 17.6. The van der Waals surface area contributed by atoms with Gasteiger partial charge in [-0.15, -0.1) is 0 Å². The molecule has 0 spiro atoms. The van der Waals surface area contributed by atoms with Gasteiger partial charge in [0.2, 0.25) is 0 Å². The first kappa shape index (κ1) is 47.9. The van der Waals surface area contributed by atoms with Crippen LogP contribution in [0.25, 0.3) is 0 Å². The van der Waals surface area contributed by atoms with Gasteiger partial charge in [-0.1, -0.05) is 68.4 Å². The van der Waals surface area contributed by atoms with E-state index in [4.69, 9.17) is 29.2 Å². The molecule has 0 amide bonds. The first-order chi connectivity index (χ1) is 30.6. The van der Waals surface area contributed by atoms with Crippen LogP contribution in [0.2, 0.25) is 0 Å². The van der Waals surface area contributed by atoms with Crippen molar-refractivity contribution < 1.29 is 60.0 Å². The highest BCUT2D eigenvalue weighted by atomic mass is 32.2. The topological polar surface area (TPSA) is 204 Å². The Hall–Kier alpha value is -7.11. The second kappa shape index (κ2) is 22.8. The standard InChI is InChI=1S/C25H27NO6S.C22H20FNO6S/c1-18(2)19-7-13-23(14-8-19)33(29,30)26-21-9-11-22(12-10-21)31-15-16-32-24-6-4-3-5-20(24)17-25(27)28;23-17-5-3-6-20(15-17)31(27,28)24-18-8-10-19(11-9-18)29-12-13-30-21-7-2-1-4-16(21)14-22(25)26/h3-14,18,26H,15-17H2,1-2H3,(H,27,28);1-11,15,24H,12-14H2,(H,25,26). The maximum atomic E-state index is 13.3. The van der Waals surface area contributed by atoms with Crippen molar-refractivity contribution in [3.05, 3.63) is 168 Å². The van der Waals surface area contributed by atoms with Gasteiger partial charge in [0.15, 0.2) is 0 Å². The van der Waals surface area contributed by atoms with Crippen molar-refractivity contribution in [2.75, 3.05) is 35.9 Å². The van der Waals surface area contributed by atoms with Crippen LogP contribution in [0, 0.1) is 5.82 Å². The number of hydrogen-bond donors (Lipinski definition) is 4. The van der Waals surface area contributed by atoms with Gasteiger partial charge in [-0.2, -0.15) is 0 Å². The number of halogens is 1. The smallest absolute Gasteiger partial charge is 0.307 e. The molecule has 14 nitrogen and oxygen atoms in total. The number of carboxylic acid groups (broad SMARTS) is 2. The number of anilines is 2. The van der Waals surface area contributed by atoms with Crippen molar-refractivity contribution >= 4 is 43.4 Å². The van der Waals surface area contributed by atoms with Gasteiger partial charge in [0.25, 0.3) is 20.0 Å². The number of aliphatic carboxylic acids is 2. The van der Waals surface area contributed by atoms with Crippen molar-refractivity contribution in [1.82, 2.24) is 0 Å². The van der Waals surface area contributed by atoms with Gasteiger partial charge < -0.3 is 29.2 Å². The molecule has 17 heteroatoms.